The molecule has 0 spiro atoms. The standard InChI is InChI=1S/C13H20O3Si/c1-4-16-17-7-5-6-11-8-12(14-2)10-13(9-11)15-3/h8-10H,4-7H2,1-3H3. The summed E-state index contributed by atoms with van der Waals surface area (Å²) < 4.78 is 15.8. The Morgan fingerprint density at radius 1 is 1.06 bits per heavy atom. The molecule has 0 aliphatic rings. The lowest BCUT2D eigenvalue weighted by Gasteiger charge is -2.08. The van der Waals surface area contributed by atoms with Crippen LogP contribution in [0.1, 0.15) is 18.9 Å². The van der Waals surface area contributed by atoms with Crippen LogP contribution in [0, 0.1) is 0 Å². The minimum absolute atomic E-state index is 0.616. The number of benzene rings is 1. The van der Waals surface area contributed by atoms with E-state index in [0.717, 1.165) is 37.0 Å². The Labute approximate surface area is 106 Å². The number of hydrogen-bond acceptors (Lipinski definition) is 3. The van der Waals surface area contributed by atoms with Crippen LogP contribution < -0.4 is 9.47 Å². The molecule has 17 heavy (non-hydrogen) atoms. The zero-order valence-electron chi connectivity index (χ0n) is 10.8. The number of aryl methyl sites for hydroxylation is 1. The van der Waals surface area contributed by atoms with E-state index in [0.29, 0.717) is 9.76 Å². The zero-order valence-corrected chi connectivity index (χ0v) is 11.8. The first kappa shape index (κ1) is 14.1. The van der Waals surface area contributed by atoms with Crippen LogP contribution in [0.25, 0.3) is 0 Å². The molecule has 0 N–H and O–H groups in total. The molecule has 0 unspecified atom stereocenters. The van der Waals surface area contributed by atoms with Crippen LogP contribution in [-0.2, 0) is 10.8 Å². The first-order chi connectivity index (χ1) is 8.30. The molecule has 0 saturated carbocycles. The number of methoxy groups -OCH3 is 2. The second-order valence-corrected chi connectivity index (χ2v) is 4.73. The molecule has 2 radical (unpaired) electrons. The lowest BCUT2D eigenvalue weighted by molar-refractivity contribution is 0.359. The van der Waals surface area contributed by atoms with Gasteiger partial charge in [-0.1, -0.05) is 0 Å². The van der Waals surface area contributed by atoms with Crippen LogP contribution in [0.2, 0.25) is 6.04 Å². The SMILES string of the molecule is CCO[Si]CCCc1cc(OC)cc(OC)c1. The van der Waals surface area contributed by atoms with E-state index >= 15 is 0 Å². The Kier molecular flexibility index (Phi) is 6.73. The molecule has 94 valence electrons. The second kappa shape index (κ2) is 8.14. The van der Waals surface area contributed by atoms with Gasteiger partial charge in [0.2, 0.25) is 9.76 Å². The summed E-state index contributed by atoms with van der Waals surface area (Å²) in [7, 11) is 3.97. The van der Waals surface area contributed by atoms with Crippen LogP contribution in [-0.4, -0.2) is 30.6 Å². The van der Waals surface area contributed by atoms with Gasteiger partial charge in [0, 0.05) is 12.7 Å². The highest BCUT2D eigenvalue weighted by molar-refractivity contribution is 6.26. The van der Waals surface area contributed by atoms with E-state index < -0.39 is 0 Å². The quantitative estimate of drug-likeness (QED) is 0.526. The molecule has 0 aliphatic heterocycles. The smallest absolute Gasteiger partial charge is 0.229 e. The predicted octanol–water partition coefficient (Wildman–Crippen LogP) is 2.71. The van der Waals surface area contributed by atoms with E-state index in [-0.39, 0.29) is 0 Å². The third-order valence-electron chi connectivity index (χ3n) is 2.40. The average Bonchev–Trinajstić information content (AvgIpc) is 2.38. The lowest BCUT2D eigenvalue weighted by atomic mass is 10.1. The summed E-state index contributed by atoms with van der Waals surface area (Å²) in [6, 6.07) is 7.14. The van der Waals surface area contributed by atoms with E-state index in [1.165, 1.54) is 5.56 Å². The van der Waals surface area contributed by atoms with Crippen molar-refractivity contribution in [2.24, 2.45) is 0 Å². The summed E-state index contributed by atoms with van der Waals surface area (Å²) in [6.45, 7) is 2.84. The van der Waals surface area contributed by atoms with E-state index in [1.54, 1.807) is 14.2 Å². The Morgan fingerprint density at radius 3 is 2.24 bits per heavy atom. The topological polar surface area (TPSA) is 27.7 Å². The van der Waals surface area contributed by atoms with E-state index in [9.17, 15) is 0 Å². The molecule has 0 saturated heterocycles. The maximum atomic E-state index is 5.34. The Hall–Kier alpha value is -1.00. The first-order valence-electron chi connectivity index (χ1n) is 5.86. The fourth-order valence-electron chi connectivity index (χ4n) is 1.55. The summed E-state index contributed by atoms with van der Waals surface area (Å²) >= 11 is 0. The van der Waals surface area contributed by atoms with Gasteiger partial charge >= 0.3 is 0 Å². The van der Waals surface area contributed by atoms with Gasteiger partial charge in [-0.3, -0.25) is 0 Å². The molecule has 0 aromatic heterocycles. The number of hydrogen-bond donors (Lipinski definition) is 0. The van der Waals surface area contributed by atoms with Gasteiger partial charge in [0.25, 0.3) is 0 Å². The van der Waals surface area contributed by atoms with Gasteiger partial charge in [0.15, 0.2) is 0 Å². The third kappa shape index (κ3) is 5.24. The van der Waals surface area contributed by atoms with Crippen molar-refractivity contribution in [3.8, 4) is 11.5 Å². The Morgan fingerprint density at radius 2 is 1.71 bits per heavy atom. The van der Waals surface area contributed by atoms with Crippen LogP contribution >= 0.6 is 0 Å². The maximum absolute atomic E-state index is 5.34. The summed E-state index contributed by atoms with van der Waals surface area (Å²) in [5.41, 5.74) is 1.25. The highest BCUT2D eigenvalue weighted by atomic mass is 28.2. The van der Waals surface area contributed by atoms with Crippen LogP contribution in [0.15, 0.2) is 18.2 Å². The third-order valence-corrected chi connectivity index (χ3v) is 3.45. The van der Waals surface area contributed by atoms with Gasteiger partial charge in [-0.15, -0.1) is 0 Å². The van der Waals surface area contributed by atoms with Crippen molar-refractivity contribution >= 4 is 9.76 Å². The van der Waals surface area contributed by atoms with Gasteiger partial charge in [-0.25, -0.2) is 0 Å². The van der Waals surface area contributed by atoms with Gasteiger partial charge in [-0.05, 0) is 43.5 Å². The average molecular weight is 252 g/mol. The van der Waals surface area contributed by atoms with Crippen molar-refractivity contribution < 1.29 is 13.9 Å². The second-order valence-electron chi connectivity index (χ2n) is 3.65. The normalized spacial score (nSPS) is 10.3. The van der Waals surface area contributed by atoms with E-state index in [4.69, 9.17) is 13.9 Å². The molecule has 1 rings (SSSR count). The van der Waals surface area contributed by atoms with Crippen molar-refractivity contribution in [3.05, 3.63) is 23.8 Å². The molecule has 0 amide bonds. The first-order valence-corrected chi connectivity index (χ1v) is 6.98. The molecule has 0 fully saturated rings. The minimum Gasteiger partial charge on any atom is -0.497 e. The van der Waals surface area contributed by atoms with Crippen molar-refractivity contribution in [1.82, 2.24) is 0 Å². The summed E-state index contributed by atoms with van der Waals surface area (Å²) in [4.78, 5) is 0. The maximum Gasteiger partial charge on any atom is 0.229 e. The Balaban J connectivity index is 2.46. The molecule has 0 aliphatic carbocycles. The predicted molar refractivity (Wildman–Crippen MR) is 70.1 cm³/mol. The van der Waals surface area contributed by atoms with E-state index in [1.807, 2.05) is 13.0 Å². The molecule has 4 heteroatoms. The molecule has 0 heterocycles. The van der Waals surface area contributed by atoms with Gasteiger partial charge in [0.1, 0.15) is 11.5 Å². The molecule has 1 aromatic rings. The molecule has 1 aromatic carbocycles. The lowest BCUT2D eigenvalue weighted by Crippen LogP contribution is -1.98. The summed E-state index contributed by atoms with van der Waals surface area (Å²) in [6.07, 6.45) is 2.17. The number of rotatable bonds is 8. The van der Waals surface area contributed by atoms with Gasteiger partial charge < -0.3 is 13.9 Å². The highest BCUT2D eigenvalue weighted by Crippen LogP contribution is 2.23. The van der Waals surface area contributed by atoms with Gasteiger partial charge in [-0.2, -0.15) is 0 Å². The van der Waals surface area contributed by atoms with Crippen LogP contribution in [0.5, 0.6) is 11.5 Å². The molecular weight excluding hydrogens is 232 g/mol. The van der Waals surface area contributed by atoms with E-state index in [2.05, 4.69) is 12.1 Å². The van der Waals surface area contributed by atoms with Crippen molar-refractivity contribution in [2.45, 2.75) is 25.8 Å². The fraction of sp³-hybridized carbons (Fsp3) is 0.538. The molecular formula is C13H20O3Si. The zero-order chi connectivity index (χ0) is 12.5. The molecule has 0 atom stereocenters. The summed E-state index contributed by atoms with van der Waals surface area (Å²) in [5.74, 6) is 1.71. The minimum atomic E-state index is 0.616. The fourth-order valence-corrected chi connectivity index (χ4v) is 2.22. The van der Waals surface area contributed by atoms with Crippen molar-refractivity contribution in [2.75, 3.05) is 20.8 Å². The van der Waals surface area contributed by atoms with Crippen LogP contribution in [0.4, 0.5) is 0 Å². The van der Waals surface area contributed by atoms with Crippen molar-refractivity contribution in [1.29, 1.82) is 0 Å². The van der Waals surface area contributed by atoms with Gasteiger partial charge in [0.05, 0.1) is 14.2 Å². The molecule has 0 bridgehead atoms. The number of ether oxygens (including phenoxy) is 2. The van der Waals surface area contributed by atoms with Crippen LogP contribution in [0.3, 0.4) is 0 Å². The monoisotopic (exact) mass is 252 g/mol. The Bertz CT molecular complexity index is 306. The van der Waals surface area contributed by atoms with Crippen molar-refractivity contribution in [3.63, 3.8) is 0 Å². The largest absolute Gasteiger partial charge is 0.497 e. The summed E-state index contributed by atoms with van der Waals surface area (Å²) in [5, 5.41) is 0. The molecule has 3 nitrogen and oxygen atoms in total. The highest BCUT2D eigenvalue weighted by Gasteiger charge is 2.02.